The molecule has 1 aromatic heterocycles. The van der Waals surface area contributed by atoms with E-state index in [-0.39, 0.29) is 17.9 Å². The van der Waals surface area contributed by atoms with Crippen LogP contribution >= 0.6 is 0 Å². The molecule has 1 N–H and O–H groups in total. The fourth-order valence-corrected chi connectivity index (χ4v) is 3.76. The molecule has 0 saturated heterocycles. The zero-order valence-electron chi connectivity index (χ0n) is 17.5. The molecule has 1 amide bonds. The van der Waals surface area contributed by atoms with E-state index in [1.807, 2.05) is 49.4 Å². The number of carbonyl (C=O) groups excluding carboxylic acids is 1. The summed E-state index contributed by atoms with van der Waals surface area (Å²) in [7, 11) is 1.63. The van der Waals surface area contributed by atoms with Gasteiger partial charge >= 0.3 is 0 Å². The Hall–Kier alpha value is -3.28. The molecular weight excluding hydrogens is 380 g/mol. The van der Waals surface area contributed by atoms with Crippen molar-refractivity contribution in [1.29, 1.82) is 0 Å². The van der Waals surface area contributed by atoms with Crippen molar-refractivity contribution in [1.82, 2.24) is 10.3 Å². The van der Waals surface area contributed by atoms with Crippen molar-refractivity contribution in [3.63, 3.8) is 0 Å². The topological polar surface area (TPSA) is 69.7 Å². The van der Waals surface area contributed by atoms with E-state index in [1.165, 1.54) is 0 Å². The molecule has 156 valence electrons. The maximum Gasteiger partial charge on any atom is 0.231 e. The number of aromatic nitrogens is 1. The second kappa shape index (κ2) is 8.61. The van der Waals surface area contributed by atoms with Gasteiger partial charge in [-0.15, -0.1) is 0 Å². The molecule has 2 aromatic carbocycles. The number of benzene rings is 2. The lowest BCUT2D eigenvalue weighted by molar-refractivity contribution is -0.123. The molecule has 0 aliphatic carbocycles. The molecule has 2 unspecified atom stereocenters. The van der Waals surface area contributed by atoms with Crippen molar-refractivity contribution in [2.45, 2.75) is 38.7 Å². The maximum absolute atomic E-state index is 12.6. The number of rotatable bonds is 7. The highest BCUT2D eigenvalue weighted by Crippen LogP contribution is 2.41. The monoisotopic (exact) mass is 406 g/mol. The number of hydrogen-bond acceptors (Lipinski definition) is 5. The van der Waals surface area contributed by atoms with E-state index in [9.17, 15) is 4.79 Å². The molecule has 0 fully saturated rings. The molecule has 0 spiro atoms. The van der Waals surface area contributed by atoms with Gasteiger partial charge in [-0.1, -0.05) is 19.4 Å². The molecule has 4 rings (SSSR count). The Labute approximate surface area is 176 Å². The molecule has 6 nitrogen and oxygen atoms in total. The molecule has 2 heterocycles. The van der Waals surface area contributed by atoms with Crippen molar-refractivity contribution in [3.05, 3.63) is 54.2 Å². The van der Waals surface area contributed by atoms with Gasteiger partial charge in [0.25, 0.3) is 0 Å². The number of carbonyl (C=O) groups is 1. The van der Waals surface area contributed by atoms with E-state index in [2.05, 4.69) is 17.2 Å². The van der Waals surface area contributed by atoms with Crippen LogP contribution in [-0.4, -0.2) is 30.6 Å². The predicted molar refractivity (Wildman–Crippen MR) is 116 cm³/mol. The zero-order chi connectivity index (χ0) is 21.1. The first-order valence-electron chi connectivity index (χ1n) is 10.3. The fraction of sp³-hybridized carbons (Fsp3) is 0.333. The van der Waals surface area contributed by atoms with Crippen LogP contribution in [0.15, 0.2) is 48.7 Å². The van der Waals surface area contributed by atoms with Gasteiger partial charge in [-0.25, -0.2) is 0 Å². The summed E-state index contributed by atoms with van der Waals surface area (Å²) in [5.74, 6) is 2.49. The number of nitrogens with one attached hydrogen (secondary N) is 1. The van der Waals surface area contributed by atoms with Crippen LogP contribution in [0.3, 0.4) is 0 Å². The van der Waals surface area contributed by atoms with E-state index >= 15 is 0 Å². The van der Waals surface area contributed by atoms with Gasteiger partial charge in [0.15, 0.2) is 0 Å². The number of hydrogen-bond donors (Lipinski definition) is 1. The zero-order valence-corrected chi connectivity index (χ0v) is 17.5. The van der Waals surface area contributed by atoms with Crippen molar-refractivity contribution in [3.8, 4) is 23.0 Å². The summed E-state index contributed by atoms with van der Waals surface area (Å²) < 4.78 is 17.4. The van der Waals surface area contributed by atoms with Gasteiger partial charge in [0.05, 0.1) is 12.6 Å². The van der Waals surface area contributed by atoms with Gasteiger partial charge in [0.2, 0.25) is 5.91 Å². The Kier molecular flexibility index (Phi) is 5.74. The molecule has 1 aliphatic rings. The van der Waals surface area contributed by atoms with Crippen molar-refractivity contribution >= 4 is 16.8 Å². The number of pyridine rings is 1. The maximum atomic E-state index is 12.6. The van der Waals surface area contributed by atoms with Crippen molar-refractivity contribution in [2.24, 2.45) is 0 Å². The smallest absolute Gasteiger partial charge is 0.231 e. The number of methoxy groups -OCH3 is 1. The van der Waals surface area contributed by atoms with Gasteiger partial charge in [-0.2, -0.15) is 0 Å². The van der Waals surface area contributed by atoms with E-state index < -0.39 is 0 Å². The molecule has 0 bridgehead atoms. The quantitative estimate of drug-likeness (QED) is 0.570. The second-order valence-electron chi connectivity index (χ2n) is 7.44. The predicted octanol–water partition coefficient (Wildman–Crippen LogP) is 4.82. The fourth-order valence-electron chi connectivity index (χ4n) is 3.76. The highest BCUT2D eigenvalue weighted by atomic mass is 16.5. The Morgan fingerprint density at radius 3 is 2.80 bits per heavy atom. The third-order valence-corrected chi connectivity index (χ3v) is 5.35. The minimum atomic E-state index is -0.305. The minimum Gasteiger partial charge on any atom is -0.497 e. The molecule has 2 atom stereocenters. The van der Waals surface area contributed by atoms with Crippen LogP contribution in [0.1, 0.15) is 38.2 Å². The lowest BCUT2D eigenvalue weighted by Gasteiger charge is -2.14. The Balaban J connectivity index is 1.56. The number of unbranched alkanes of at least 4 members (excludes halogenated alkanes) is 1. The van der Waals surface area contributed by atoms with E-state index in [4.69, 9.17) is 14.2 Å². The molecule has 6 heteroatoms. The van der Waals surface area contributed by atoms with Gasteiger partial charge in [-0.05, 0) is 37.6 Å². The normalized spacial score (nSPS) is 17.3. The van der Waals surface area contributed by atoms with Gasteiger partial charge in [0.1, 0.15) is 35.0 Å². The van der Waals surface area contributed by atoms with Gasteiger partial charge in [-0.3, -0.25) is 9.78 Å². The number of nitrogens with zero attached hydrogens (tertiary/aromatic N) is 1. The Bertz CT molecular complexity index is 1070. The minimum absolute atomic E-state index is 0.0115. The van der Waals surface area contributed by atoms with Gasteiger partial charge < -0.3 is 19.5 Å². The summed E-state index contributed by atoms with van der Waals surface area (Å²) in [6.45, 7) is 4.72. The molecule has 1 aliphatic heterocycles. The lowest BCUT2D eigenvalue weighted by atomic mass is 9.95. The number of amides is 1. The van der Waals surface area contributed by atoms with Crippen LogP contribution < -0.4 is 19.5 Å². The molecule has 0 radical (unpaired) electrons. The molecule has 30 heavy (non-hydrogen) atoms. The third kappa shape index (κ3) is 3.90. The highest BCUT2D eigenvalue weighted by Gasteiger charge is 2.36. The summed E-state index contributed by atoms with van der Waals surface area (Å²) in [6, 6.07) is 13.2. The summed E-state index contributed by atoms with van der Waals surface area (Å²) in [5, 5.41) is 3.90. The number of ether oxygens (including phenoxy) is 3. The molecular formula is C24H26N2O4. The highest BCUT2D eigenvalue weighted by molar-refractivity contribution is 5.87. The van der Waals surface area contributed by atoms with Crippen LogP contribution in [0.4, 0.5) is 0 Å². The first kappa shape index (κ1) is 20.0. The molecule has 0 saturated carbocycles. The van der Waals surface area contributed by atoms with Crippen LogP contribution in [0.5, 0.6) is 23.0 Å². The summed E-state index contributed by atoms with van der Waals surface area (Å²) in [5.41, 5.74) is 1.69. The Morgan fingerprint density at radius 2 is 2.00 bits per heavy atom. The van der Waals surface area contributed by atoms with E-state index in [0.717, 1.165) is 35.1 Å². The summed E-state index contributed by atoms with van der Waals surface area (Å²) in [4.78, 5) is 17.0. The van der Waals surface area contributed by atoms with Crippen LogP contribution in [0, 0.1) is 0 Å². The standard InChI is InChI=1S/C24H26N2O4/c1-4-5-11-26-24(27)23-15(2)29-22-14-17(7-9-19(22)23)30-21-10-12-25-20-13-16(28-3)6-8-18(20)21/h6-10,12-15,23H,4-5,11H2,1-3H3,(H,26,27). The van der Waals surface area contributed by atoms with Crippen molar-refractivity contribution < 1.29 is 19.0 Å². The first-order valence-corrected chi connectivity index (χ1v) is 10.3. The second-order valence-corrected chi connectivity index (χ2v) is 7.44. The third-order valence-electron chi connectivity index (χ3n) is 5.35. The summed E-state index contributed by atoms with van der Waals surface area (Å²) >= 11 is 0. The van der Waals surface area contributed by atoms with Crippen LogP contribution in [0.25, 0.3) is 10.9 Å². The van der Waals surface area contributed by atoms with Crippen molar-refractivity contribution in [2.75, 3.05) is 13.7 Å². The largest absolute Gasteiger partial charge is 0.497 e. The SMILES string of the molecule is CCCCNC(=O)C1c2ccc(Oc3ccnc4cc(OC)ccc34)cc2OC1C. The lowest BCUT2D eigenvalue weighted by Crippen LogP contribution is -2.34. The average molecular weight is 406 g/mol. The van der Waals surface area contributed by atoms with E-state index in [0.29, 0.717) is 23.8 Å². The van der Waals surface area contributed by atoms with Crippen LogP contribution in [0.2, 0.25) is 0 Å². The van der Waals surface area contributed by atoms with Gasteiger partial charge in [0, 0.05) is 35.8 Å². The van der Waals surface area contributed by atoms with Crippen LogP contribution in [-0.2, 0) is 4.79 Å². The summed E-state index contributed by atoms with van der Waals surface area (Å²) in [6.07, 6.45) is 3.51. The first-order chi connectivity index (χ1) is 14.6. The average Bonchev–Trinajstić information content (AvgIpc) is 3.08. The molecule has 3 aromatic rings. The number of fused-ring (bicyclic) bond motifs is 2. The van der Waals surface area contributed by atoms with E-state index in [1.54, 1.807) is 13.3 Å². The Morgan fingerprint density at radius 1 is 1.17 bits per heavy atom.